The van der Waals surface area contributed by atoms with Crippen molar-refractivity contribution in [2.24, 2.45) is 5.92 Å². The van der Waals surface area contributed by atoms with Crippen molar-refractivity contribution in [3.8, 4) is 0 Å². The summed E-state index contributed by atoms with van der Waals surface area (Å²) in [5, 5.41) is 9.25. The van der Waals surface area contributed by atoms with Gasteiger partial charge in [0.05, 0.1) is 12.7 Å². The third-order valence-electron chi connectivity index (χ3n) is 3.65. The zero-order chi connectivity index (χ0) is 12.9. The molecule has 0 heterocycles. The van der Waals surface area contributed by atoms with Crippen LogP contribution in [0.2, 0.25) is 0 Å². The van der Waals surface area contributed by atoms with Crippen molar-refractivity contribution in [2.45, 2.75) is 57.7 Å². The van der Waals surface area contributed by atoms with Crippen LogP contribution in [-0.4, -0.2) is 36.5 Å². The summed E-state index contributed by atoms with van der Waals surface area (Å²) in [5.41, 5.74) is -1.22. The summed E-state index contributed by atoms with van der Waals surface area (Å²) in [4.78, 5) is 11.3. The Labute approximate surface area is 103 Å². The molecule has 0 aromatic rings. The summed E-state index contributed by atoms with van der Waals surface area (Å²) < 4.78 is 10.8. The number of aliphatic carboxylic acids is 1. The lowest BCUT2D eigenvalue weighted by Crippen LogP contribution is -2.47. The van der Waals surface area contributed by atoms with Gasteiger partial charge in [0.25, 0.3) is 0 Å². The van der Waals surface area contributed by atoms with E-state index < -0.39 is 11.6 Å². The van der Waals surface area contributed by atoms with E-state index in [0.717, 1.165) is 25.7 Å². The number of hydrogen-bond donors (Lipinski definition) is 1. The number of carboxylic acid groups (broad SMARTS) is 1. The molecular weight excluding hydrogens is 220 g/mol. The van der Waals surface area contributed by atoms with Gasteiger partial charge in [-0.25, -0.2) is 4.79 Å². The van der Waals surface area contributed by atoms with Crippen LogP contribution in [0.15, 0.2) is 0 Å². The van der Waals surface area contributed by atoms with Crippen LogP contribution in [0.3, 0.4) is 0 Å². The number of hydrogen-bond acceptors (Lipinski definition) is 3. The summed E-state index contributed by atoms with van der Waals surface area (Å²) in [6.07, 6.45) is 5.57. The van der Waals surface area contributed by atoms with E-state index in [2.05, 4.69) is 6.92 Å². The second kappa shape index (κ2) is 6.36. The largest absolute Gasteiger partial charge is 0.479 e. The summed E-state index contributed by atoms with van der Waals surface area (Å²) in [6, 6.07) is 0. The normalized spacial score (nSPS) is 28.6. The molecule has 1 saturated carbocycles. The molecule has 1 aliphatic carbocycles. The van der Waals surface area contributed by atoms with Crippen LogP contribution >= 0.6 is 0 Å². The van der Waals surface area contributed by atoms with E-state index in [-0.39, 0.29) is 12.7 Å². The van der Waals surface area contributed by atoms with Crippen molar-refractivity contribution >= 4 is 5.97 Å². The minimum atomic E-state index is -1.22. The van der Waals surface area contributed by atoms with E-state index in [1.54, 1.807) is 6.92 Å². The molecule has 0 bridgehead atoms. The summed E-state index contributed by atoms with van der Waals surface area (Å²) in [7, 11) is 1.50. The fraction of sp³-hybridized carbons (Fsp3) is 0.923. The molecule has 4 nitrogen and oxygen atoms in total. The average molecular weight is 244 g/mol. The molecule has 0 radical (unpaired) electrons. The Kier molecular flexibility index (Phi) is 5.40. The molecule has 0 spiro atoms. The van der Waals surface area contributed by atoms with Crippen molar-refractivity contribution in [3.63, 3.8) is 0 Å². The van der Waals surface area contributed by atoms with Gasteiger partial charge in [-0.1, -0.05) is 26.2 Å². The molecule has 1 aliphatic rings. The highest BCUT2D eigenvalue weighted by molar-refractivity contribution is 5.77. The van der Waals surface area contributed by atoms with E-state index >= 15 is 0 Å². The summed E-state index contributed by atoms with van der Waals surface area (Å²) in [5.74, 6) is -0.459. The van der Waals surface area contributed by atoms with E-state index in [4.69, 9.17) is 9.47 Å². The molecule has 100 valence electrons. The Hall–Kier alpha value is -0.610. The number of carbonyl (C=O) groups is 1. The second-order valence-corrected chi connectivity index (χ2v) is 5.08. The summed E-state index contributed by atoms with van der Waals surface area (Å²) in [6.45, 7) is 3.83. The van der Waals surface area contributed by atoms with Crippen molar-refractivity contribution < 1.29 is 19.4 Å². The first-order valence-corrected chi connectivity index (χ1v) is 6.43. The van der Waals surface area contributed by atoms with Gasteiger partial charge in [0.1, 0.15) is 0 Å². The minimum absolute atomic E-state index is 0.0602. The van der Waals surface area contributed by atoms with Gasteiger partial charge in [-0.3, -0.25) is 0 Å². The van der Waals surface area contributed by atoms with Crippen LogP contribution < -0.4 is 0 Å². The fourth-order valence-electron chi connectivity index (χ4n) is 2.55. The lowest BCUT2D eigenvalue weighted by molar-refractivity contribution is -0.187. The average Bonchev–Trinajstić information content (AvgIpc) is 2.30. The van der Waals surface area contributed by atoms with Gasteiger partial charge in [-0.2, -0.15) is 0 Å². The molecular formula is C13H24O4. The van der Waals surface area contributed by atoms with Gasteiger partial charge in [0.2, 0.25) is 0 Å². The SMILES string of the molecule is CCC1CCCCC1OC(C)(COC)C(=O)O. The van der Waals surface area contributed by atoms with Crippen LogP contribution in [-0.2, 0) is 14.3 Å². The van der Waals surface area contributed by atoms with Crippen molar-refractivity contribution in [3.05, 3.63) is 0 Å². The van der Waals surface area contributed by atoms with Gasteiger partial charge >= 0.3 is 5.97 Å². The van der Waals surface area contributed by atoms with Crippen molar-refractivity contribution in [2.75, 3.05) is 13.7 Å². The van der Waals surface area contributed by atoms with Gasteiger partial charge < -0.3 is 14.6 Å². The molecule has 0 amide bonds. The monoisotopic (exact) mass is 244 g/mol. The van der Waals surface area contributed by atoms with Crippen molar-refractivity contribution in [1.29, 1.82) is 0 Å². The van der Waals surface area contributed by atoms with E-state index in [1.165, 1.54) is 13.5 Å². The minimum Gasteiger partial charge on any atom is -0.479 e. The molecule has 0 saturated heterocycles. The molecule has 0 aromatic carbocycles. The van der Waals surface area contributed by atoms with E-state index in [9.17, 15) is 9.90 Å². The number of methoxy groups -OCH3 is 1. The van der Waals surface area contributed by atoms with Crippen molar-refractivity contribution in [1.82, 2.24) is 0 Å². The topological polar surface area (TPSA) is 55.8 Å². The van der Waals surface area contributed by atoms with E-state index in [0.29, 0.717) is 5.92 Å². The first-order valence-electron chi connectivity index (χ1n) is 6.43. The van der Waals surface area contributed by atoms with Crippen LogP contribution in [0.4, 0.5) is 0 Å². The highest BCUT2D eigenvalue weighted by Crippen LogP contribution is 2.32. The third kappa shape index (κ3) is 3.68. The molecule has 4 heteroatoms. The second-order valence-electron chi connectivity index (χ2n) is 5.08. The number of rotatable bonds is 6. The molecule has 0 aromatic heterocycles. The number of ether oxygens (including phenoxy) is 2. The van der Waals surface area contributed by atoms with Gasteiger partial charge in [-0.05, 0) is 25.7 Å². The Bertz CT molecular complexity index is 254. The lowest BCUT2D eigenvalue weighted by Gasteiger charge is -2.36. The number of carboxylic acids is 1. The Balaban J connectivity index is 2.67. The van der Waals surface area contributed by atoms with Gasteiger partial charge in [0, 0.05) is 7.11 Å². The zero-order valence-electron chi connectivity index (χ0n) is 11.1. The standard InChI is InChI=1S/C13H24O4/c1-4-10-7-5-6-8-11(10)17-13(2,9-16-3)12(14)15/h10-11H,4-9H2,1-3H3,(H,14,15). The lowest BCUT2D eigenvalue weighted by atomic mass is 9.84. The Morgan fingerprint density at radius 3 is 2.59 bits per heavy atom. The maximum atomic E-state index is 11.3. The third-order valence-corrected chi connectivity index (χ3v) is 3.65. The first-order chi connectivity index (χ1) is 8.03. The van der Waals surface area contributed by atoms with E-state index in [1.807, 2.05) is 0 Å². The summed E-state index contributed by atoms with van der Waals surface area (Å²) >= 11 is 0. The maximum Gasteiger partial charge on any atom is 0.338 e. The quantitative estimate of drug-likeness (QED) is 0.779. The van der Waals surface area contributed by atoms with Crippen LogP contribution in [0.5, 0.6) is 0 Å². The molecule has 3 unspecified atom stereocenters. The highest BCUT2D eigenvalue weighted by Gasteiger charge is 2.39. The molecule has 1 rings (SSSR count). The smallest absolute Gasteiger partial charge is 0.338 e. The Morgan fingerprint density at radius 1 is 1.41 bits per heavy atom. The highest BCUT2D eigenvalue weighted by atomic mass is 16.6. The molecule has 1 fully saturated rings. The predicted octanol–water partition coefficient (Wildman–Crippen LogP) is 2.46. The predicted molar refractivity (Wildman–Crippen MR) is 65.0 cm³/mol. The zero-order valence-corrected chi connectivity index (χ0v) is 11.1. The van der Waals surface area contributed by atoms with Crippen LogP contribution in [0.25, 0.3) is 0 Å². The van der Waals surface area contributed by atoms with Crippen LogP contribution in [0.1, 0.15) is 46.0 Å². The maximum absolute atomic E-state index is 11.3. The molecule has 3 atom stereocenters. The molecule has 0 aliphatic heterocycles. The van der Waals surface area contributed by atoms with Gasteiger partial charge in [0.15, 0.2) is 5.60 Å². The Morgan fingerprint density at radius 2 is 2.06 bits per heavy atom. The molecule has 1 N–H and O–H groups in total. The first kappa shape index (κ1) is 14.5. The fourth-order valence-corrected chi connectivity index (χ4v) is 2.55. The van der Waals surface area contributed by atoms with Crippen LogP contribution in [0, 0.1) is 5.92 Å². The van der Waals surface area contributed by atoms with Gasteiger partial charge in [-0.15, -0.1) is 0 Å². The molecule has 17 heavy (non-hydrogen) atoms.